The molecule has 0 bridgehead atoms. The highest BCUT2D eigenvalue weighted by molar-refractivity contribution is 5.91. The number of ether oxygens (including phenoxy) is 1. The van der Waals surface area contributed by atoms with E-state index in [-0.39, 0.29) is 5.91 Å². The summed E-state index contributed by atoms with van der Waals surface area (Å²) in [7, 11) is 1.33. The van der Waals surface area contributed by atoms with E-state index < -0.39 is 11.5 Å². The highest BCUT2D eigenvalue weighted by Crippen LogP contribution is 2.17. The Morgan fingerprint density at radius 1 is 1.32 bits per heavy atom. The molecular formula is C14H20N2O3. The number of likely N-dealkylation sites (N-methyl/N-ethyl adjacent to an activating group) is 1. The predicted molar refractivity (Wildman–Crippen MR) is 74.2 cm³/mol. The molecule has 0 saturated carbocycles. The molecule has 104 valence electrons. The largest absolute Gasteiger partial charge is 0.465 e. The second-order valence-electron chi connectivity index (χ2n) is 4.68. The van der Waals surface area contributed by atoms with Gasteiger partial charge < -0.3 is 15.4 Å². The standard InChI is InChI=1S/C14H20N2O3/c1-5-15-13(18)14(2,3)16-11-8-6-7-10(9-11)12(17)19-4/h6-9,16H,5H2,1-4H3,(H,15,18). The van der Waals surface area contributed by atoms with Crippen molar-refractivity contribution >= 4 is 17.6 Å². The number of hydrogen-bond acceptors (Lipinski definition) is 4. The maximum atomic E-state index is 11.9. The van der Waals surface area contributed by atoms with E-state index in [1.165, 1.54) is 7.11 Å². The van der Waals surface area contributed by atoms with Crippen LogP contribution in [0.1, 0.15) is 31.1 Å². The molecule has 0 aliphatic carbocycles. The first-order chi connectivity index (χ1) is 8.90. The third-order valence-corrected chi connectivity index (χ3v) is 2.65. The molecule has 0 aliphatic heterocycles. The van der Waals surface area contributed by atoms with Crippen LogP contribution >= 0.6 is 0 Å². The van der Waals surface area contributed by atoms with E-state index in [2.05, 4.69) is 15.4 Å². The number of esters is 1. The summed E-state index contributed by atoms with van der Waals surface area (Å²) in [5.41, 5.74) is 0.378. The van der Waals surface area contributed by atoms with Gasteiger partial charge in [0.1, 0.15) is 5.54 Å². The summed E-state index contributed by atoms with van der Waals surface area (Å²) in [6.07, 6.45) is 0. The number of rotatable bonds is 5. The summed E-state index contributed by atoms with van der Waals surface area (Å²) in [6.45, 7) is 6.00. The number of methoxy groups -OCH3 is 1. The van der Waals surface area contributed by atoms with Crippen molar-refractivity contribution in [2.75, 3.05) is 19.0 Å². The van der Waals surface area contributed by atoms with Gasteiger partial charge in [-0.2, -0.15) is 0 Å². The van der Waals surface area contributed by atoms with Crippen molar-refractivity contribution in [1.29, 1.82) is 0 Å². The van der Waals surface area contributed by atoms with E-state index in [1.54, 1.807) is 38.1 Å². The predicted octanol–water partition coefficient (Wildman–Crippen LogP) is 1.80. The van der Waals surface area contributed by atoms with Gasteiger partial charge in [-0.05, 0) is 39.0 Å². The highest BCUT2D eigenvalue weighted by Gasteiger charge is 2.26. The van der Waals surface area contributed by atoms with Gasteiger partial charge in [0.05, 0.1) is 12.7 Å². The lowest BCUT2D eigenvalue weighted by Crippen LogP contribution is -2.47. The van der Waals surface area contributed by atoms with Crippen LogP contribution < -0.4 is 10.6 Å². The lowest BCUT2D eigenvalue weighted by Gasteiger charge is -2.26. The molecule has 0 fully saturated rings. The maximum absolute atomic E-state index is 11.9. The summed E-state index contributed by atoms with van der Waals surface area (Å²) in [5.74, 6) is -0.502. The molecule has 0 saturated heterocycles. The molecule has 5 nitrogen and oxygen atoms in total. The first-order valence-electron chi connectivity index (χ1n) is 6.15. The van der Waals surface area contributed by atoms with E-state index in [9.17, 15) is 9.59 Å². The minimum absolute atomic E-state index is 0.0986. The monoisotopic (exact) mass is 264 g/mol. The Morgan fingerprint density at radius 3 is 2.58 bits per heavy atom. The molecular weight excluding hydrogens is 244 g/mol. The quantitative estimate of drug-likeness (QED) is 0.796. The Balaban J connectivity index is 2.87. The number of carbonyl (C=O) groups is 2. The van der Waals surface area contributed by atoms with Gasteiger partial charge in [0, 0.05) is 12.2 Å². The van der Waals surface area contributed by atoms with Gasteiger partial charge in [-0.25, -0.2) is 4.79 Å². The van der Waals surface area contributed by atoms with E-state index >= 15 is 0 Å². The topological polar surface area (TPSA) is 67.4 Å². The summed E-state index contributed by atoms with van der Waals surface area (Å²) in [6, 6.07) is 6.86. The summed E-state index contributed by atoms with van der Waals surface area (Å²) in [4.78, 5) is 23.3. The van der Waals surface area contributed by atoms with Gasteiger partial charge in [0.25, 0.3) is 0 Å². The zero-order valence-electron chi connectivity index (χ0n) is 11.7. The first-order valence-corrected chi connectivity index (χ1v) is 6.15. The highest BCUT2D eigenvalue weighted by atomic mass is 16.5. The average molecular weight is 264 g/mol. The summed E-state index contributed by atoms with van der Waals surface area (Å²) < 4.78 is 4.66. The zero-order valence-corrected chi connectivity index (χ0v) is 11.7. The van der Waals surface area contributed by atoms with Crippen LogP contribution in [0.15, 0.2) is 24.3 Å². The van der Waals surface area contributed by atoms with Crippen molar-refractivity contribution in [2.45, 2.75) is 26.3 Å². The molecule has 1 aromatic carbocycles. The normalized spacial score (nSPS) is 10.7. The maximum Gasteiger partial charge on any atom is 0.337 e. The molecule has 0 aliphatic rings. The Labute approximate surface area is 113 Å². The van der Waals surface area contributed by atoms with Crippen molar-refractivity contribution in [1.82, 2.24) is 5.32 Å². The molecule has 0 unspecified atom stereocenters. The van der Waals surface area contributed by atoms with Crippen LogP contribution in [0.4, 0.5) is 5.69 Å². The third kappa shape index (κ3) is 3.98. The molecule has 5 heteroatoms. The van der Waals surface area contributed by atoms with Gasteiger partial charge in [0.15, 0.2) is 0 Å². The molecule has 1 amide bonds. The molecule has 19 heavy (non-hydrogen) atoms. The second-order valence-corrected chi connectivity index (χ2v) is 4.68. The Hall–Kier alpha value is -2.04. The number of nitrogens with one attached hydrogen (secondary N) is 2. The minimum Gasteiger partial charge on any atom is -0.465 e. The van der Waals surface area contributed by atoms with Crippen LogP contribution in [0.3, 0.4) is 0 Å². The van der Waals surface area contributed by atoms with Crippen LogP contribution in [0, 0.1) is 0 Å². The van der Waals surface area contributed by atoms with Crippen molar-refractivity contribution in [3.63, 3.8) is 0 Å². The molecule has 0 heterocycles. The Kier molecular flexibility index (Phi) is 4.92. The van der Waals surface area contributed by atoms with Gasteiger partial charge in [-0.3, -0.25) is 4.79 Å². The van der Waals surface area contributed by atoms with E-state index in [0.717, 1.165) is 0 Å². The number of amides is 1. The van der Waals surface area contributed by atoms with Crippen molar-refractivity contribution in [3.8, 4) is 0 Å². The smallest absolute Gasteiger partial charge is 0.337 e. The van der Waals surface area contributed by atoms with Gasteiger partial charge in [0.2, 0.25) is 5.91 Å². The van der Waals surface area contributed by atoms with E-state index in [1.807, 2.05) is 6.92 Å². The summed E-state index contributed by atoms with van der Waals surface area (Å²) in [5, 5.41) is 5.86. The fraction of sp³-hybridized carbons (Fsp3) is 0.429. The second kappa shape index (κ2) is 6.22. The Bertz CT molecular complexity index is 470. The van der Waals surface area contributed by atoms with Crippen molar-refractivity contribution in [3.05, 3.63) is 29.8 Å². The van der Waals surface area contributed by atoms with E-state index in [0.29, 0.717) is 17.8 Å². The lowest BCUT2D eigenvalue weighted by atomic mass is 10.0. The van der Waals surface area contributed by atoms with Crippen LogP contribution in [0.5, 0.6) is 0 Å². The molecule has 0 atom stereocenters. The van der Waals surface area contributed by atoms with Gasteiger partial charge in [-0.15, -0.1) is 0 Å². The average Bonchev–Trinajstić information content (AvgIpc) is 2.38. The molecule has 0 aromatic heterocycles. The van der Waals surface area contributed by atoms with Crippen LogP contribution in [0.25, 0.3) is 0 Å². The number of benzene rings is 1. The number of carbonyl (C=O) groups excluding carboxylic acids is 2. The van der Waals surface area contributed by atoms with E-state index in [4.69, 9.17) is 0 Å². The van der Waals surface area contributed by atoms with Crippen molar-refractivity contribution < 1.29 is 14.3 Å². The van der Waals surface area contributed by atoms with Gasteiger partial charge in [-0.1, -0.05) is 6.07 Å². The summed E-state index contributed by atoms with van der Waals surface area (Å²) >= 11 is 0. The van der Waals surface area contributed by atoms with Crippen LogP contribution in [-0.2, 0) is 9.53 Å². The van der Waals surface area contributed by atoms with Crippen LogP contribution in [-0.4, -0.2) is 31.1 Å². The molecule has 1 rings (SSSR count). The Morgan fingerprint density at radius 2 is 2.00 bits per heavy atom. The van der Waals surface area contributed by atoms with Crippen LogP contribution in [0.2, 0.25) is 0 Å². The third-order valence-electron chi connectivity index (χ3n) is 2.65. The van der Waals surface area contributed by atoms with Gasteiger partial charge >= 0.3 is 5.97 Å². The number of hydrogen-bond donors (Lipinski definition) is 2. The SMILES string of the molecule is CCNC(=O)C(C)(C)Nc1cccc(C(=O)OC)c1. The fourth-order valence-corrected chi connectivity index (χ4v) is 1.64. The fourth-order valence-electron chi connectivity index (χ4n) is 1.64. The van der Waals surface area contributed by atoms with Crippen molar-refractivity contribution in [2.24, 2.45) is 0 Å². The molecule has 2 N–H and O–H groups in total. The zero-order chi connectivity index (χ0) is 14.5. The first kappa shape index (κ1) is 15.0. The molecule has 0 spiro atoms. The minimum atomic E-state index is -0.759. The molecule has 1 aromatic rings. The lowest BCUT2D eigenvalue weighted by molar-refractivity contribution is -0.124. The number of anilines is 1. The molecule has 0 radical (unpaired) electrons.